The van der Waals surface area contributed by atoms with Gasteiger partial charge in [-0.05, 0) is 19.4 Å². The van der Waals surface area contributed by atoms with Gasteiger partial charge in [-0.2, -0.15) is 5.10 Å². The van der Waals surface area contributed by atoms with Gasteiger partial charge < -0.3 is 5.73 Å². The second kappa shape index (κ2) is 6.65. The number of hydrogen-bond acceptors (Lipinski definition) is 4. The molecule has 2 heterocycles. The maximum Gasteiger partial charge on any atom is 0.0899 e. The highest BCUT2D eigenvalue weighted by Gasteiger charge is 2.22. The van der Waals surface area contributed by atoms with Gasteiger partial charge in [-0.1, -0.05) is 19.1 Å². The Hall–Kier alpha value is -0.980. The van der Waals surface area contributed by atoms with Crippen molar-refractivity contribution in [2.75, 3.05) is 26.2 Å². The maximum atomic E-state index is 5.73. The molecule has 0 radical (unpaired) electrons. The Bertz CT molecular complexity index is 462. The van der Waals surface area contributed by atoms with E-state index in [1.165, 1.54) is 11.4 Å². The van der Waals surface area contributed by atoms with Crippen molar-refractivity contribution in [1.29, 1.82) is 0 Å². The lowest BCUT2D eigenvalue weighted by molar-refractivity contribution is 0.116. The van der Waals surface area contributed by atoms with Crippen molar-refractivity contribution in [1.82, 2.24) is 19.6 Å². The summed E-state index contributed by atoms with van der Waals surface area (Å²) in [6.07, 6.45) is 0.993. The van der Waals surface area contributed by atoms with Crippen molar-refractivity contribution < 1.29 is 0 Å². The molecule has 1 fully saturated rings. The highest BCUT2D eigenvalue weighted by molar-refractivity contribution is 7.80. The number of nitrogens with zero attached hydrogens (tertiary/aromatic N) is 4. The van der Waals surface area contributed by atoms with Gasteiger partial charge in [0, 0.05) is 39.8 Å². The van der Waals surface area contributed by atoms with Gasteiger partial charge in [-0.3, -0.25) is 14.5 Å². The fraction of sp³-hybridized carbons (Fsp3) is 0.714. The molecule has 0 amide bonds. The number of thiocarbonyl (C=S) groups is 1. The minimum absolute atomic E-state index is 0.204. The third-order valence-electron chi connectivity index (χ3n) is 4.14. The van der Waals surface area contributed by atoms with Crippen LogP contribution in [-0.2, 0) is 20.0 Å². The van der Waals surface area contributed by atoms with Crippen LogP contribution in [0.5, 0.6) is 0 Å². The highest BCUT2D eigenvalue weighted by atomic mass is 32.1. The number of piperazine rings is 1. The van der Waals surface area contributed by atoms with Gasteiger partial charge in [0.2, 0.25) is 0 Å². The summed E-state index contributed by atoms with van der Waals surface area (Å²) in [5.74, 6) is 0. The summed E-state index contributed by atoms with van der Waals surface area (Å²) >= 11 is 5.08. The Kier molecular flexibility index (Phi) is 5.12. The standard InChI is InChI=1S/C14H25N5S/c1-4-12-9-13(17(3)16-12)10-18-5-7-19(8-6-18)11(2)14(15)20/h9,11H,4-8,10H2,1-3H3,(H2,15,20). The van der Waals surface area contributed by atoms with Crippen molar-refractivity contribution >= 4 is 17.2 Å². The van der Waals surface area contributed by atoms with Gasteiger partial charge in [-0.15, -0.1) is 0 Å². The first-order chi connectivity index (χ1) is 9.51. The maximum absolute atomic E-state index is 5.73. The van der Waals surface area contributed by atoms with Gasteiger partial charge in [0.15, 0.2) is 0 Å². The third-order valence-corrected chi connectivity index (χ3v) is 4.48. The number of aromatic nitrogens is 2. The summed E-state index contributed by atoms with van der Waals surface area (Å²) in [6.45, 7) is 9.36. The molecule has 0 bridgehead atoms. The number of nitrogens with two attached hydrogens (primary N) is 1. The van der Waals surface area contributed by atoms with Crippen molar-refractivity contribution in [3.63, 3.8) is 0 Å². The van der Waals surface area contributed by atoms with Crippen LogP contribution in [0.2, 0.25) is 0 Å². The van der Waals surface area contributed by atoms with E-state index in [1.807, 2.05) is 11.7 Å². The Morgan fingerprint density at radius 3 is 2.55 bits per heavy atom. The van der Waals surface area contributed by atoms with E-state index >= 15 is 0 Å². The molecule has 20 heavy (non-hydrogen) atoms. The molecule has 2 N–H and O–H groups in total. The average molecular weight is 295 g/mol. The number of aryl methyl sites for hydroxylation is 2. The van der Waals surface area contributed by atoms with Gasteiger partial charge in [0.1, 0.15) is 0 Å². The minimum atomic E-state index is 0.204. The molecule has 1 aromatic rings. The monoisotopic (exact) mass is 295 g/mol. The third kappa shape index (κ3) is 3.56. The molecule has 1 unspecified atom stereocenters. The van der Waals surface area contributed by atoms with Gasteiger partial charge in [0.25, 0.3) is 0 Å². The Balaban J connectivity index is 1.88. The van der Waals surface area contributed by atoms with Gasteiger partial charge in [0.05, 0.1) is 22.4 Å². The van der Waals surface area contributed by atoms with Crippen molar-refractivity contribution in [3.05, 3.63) is 17.5 Å². The molecule has 5 nitrogen and oxygen atoms in total. The van der Waals surface area contributed by atoms with E-state index in [0.717, 1.165) is 39.1 Å². The van der Waals surface area contributed by atoms with E-state index in [2.05, 4.69) is 34.8 Å². The van der Waals surface area contributed by atoms with E-state index in [0.29, 0.717) is 4.99 Å². The smallest absolute Gasteiger partial charge is 0.0899 e. The second-order valence-electron chi connectivity index (χ2n) is 5.49. The molecule has 1 aliphatic rings. The molecule has 112 valence electrons. The molecule has 0 aliphatic carbocycles. The Morgan fingerprint density at radius 1 is 1.40 bits per heavy atom. The molecule has 0 spiro atoms. The van der Waals surface area contributed by atoms with Crippen molar-refractivity contribution in [2.45, 2.75) is 32.9 Å². The van der Waals surface area contributed by atoms with Crippen LogP contribution in [0.25, 0.3) is 0 Å². The first-order valence-electron chi connectivity index (χ1n) is 7.28. The summed E-state index contributed by atoms with van der Waals surface area (Å²) in [6, 6.07) is 2.42. The van der Waals surface area contributed by atoms with E-state index < -0.39 is 0 Å². The zero-order valence-electron chi connectivity index (χ0n) is 12.7. The van der Waals surface area contributed by atoms with Crippen LogP contribution in [0.15, 0.2) is 6.07 Å². The summed E-state index contributed by atoms with van der Waals surface area (Å²) in [4.78, 5) is 5.43. The molecular formula is C14H25N5S. The normalized spacial score (nSPS) is 19.1. The summed E-state index contributed by atoms with van der Waals surface area (Å²) in [7, 11) is 2.03. The highest BCUT2D eigenvalue weighted by Crippen LogP contribution is 2.12. The number of rotatable bonds is 5. The zero-order chi connectivity index (χ0) is 14.7. The number of hydrogen-bond donors (Lipinski definition) is 1. The molecule has 1 aromatic heterocycles. The van der Waals surface area contributed by atoms with E-state index in [4.69, 9.17) is 18.0 Å². The first kappa shape index (κ1) is 15.4. The molecule has 1 atom stereocenters. The summed E-state index contributed by atoms with van der Waals surface area (Å²) in [5, 5.41) is 4.51. The van der Waals surface area contributed by atoms with Crippen LogP contribution in [0.4, 0.5) is 0 Å². The van der Waals surface area contributed by atoms with Gasteiger partial charge in [-0.25, -0.2) is 0 Å². The largest absolute Gasteiger partial charge is 0.392 e. The van der Waals surface area contributed by atoms with Crippen LogP contribution < -0.4 is 5.73 Å². The molecule has 1 saturated heterocycles. The lowest BCUT2D eigenvalue weighted by Gasteiger charge is -2.37. The van der Waals surface area contributed by atoms with Crippen molar-refractivity contribution in [3.8, 4) is 0 Å². The van der Waals surface area contributed by atoms with Crippen LogP contribution in [0, 0.1) is 0 Å². The molecule has 0 saturated carbocycles. The van der Waals surface area contributed by atoms with Crippen LogP contribution in [-0.4, -0.2) is 56.8 Å². The quantitative estimate of drug-likeness (QED) is 0.813. The molecule has 0 aromatic carbocycles. The first-order valence-corrected chi connectivity index (χ1v) is 7.69. The average Bonchev–Trinajstić information content (AvgIpc) is 2.79. The van der Waals surface area contributed by atoms with E-state index in [1.54, 1.807) is 0 Å². The summed E-state index contributed by atoms with van der Waals surface area (Å²) < 4.78 is 2.00. The van der Waals surface area contributed by atoms with E-state index in [9.17, 15) is 0 Å². The fourth-order valence-corrected chi connectivity index (χ4v) is 2.76. The molecule has 6 heteroatoms. The zero-order valence-corrected chi connectivity index (χ0v) is 13.5. The van der Waals surface area contributed by atoms with Crippen LogP contribution in [0.1, 0.15) is 25.2 Å². The minimum Gasteiger partial charge on any atom is -0.392 e. The van der Waals surface area contributed by atoms with Crippen LogP contribution in [0.3, 0.4) is 0 Å². The Morgan fingerprint density at radius 2 is 2.05 bits per heavy atom. The lowest BCUT2D eigenvalue weighted by Crippen LogP contribution is -2.52. The predicted molar refractivity (Wildman–Crippen MR) is 85.7 cm³/mol. The predicted octanol–water partition coefficient (Wildman–Crippen LogP) is 0.775. The SMILES string of the molecule is CCc1cc(CN2CCN(C(C)C(N)=S)CC2)n(C)n1. The Labute approximate surface area is 126 Å². The van der Waals surface area contributed by atoms with Crippen LogP contribution >= 0.6 is 12.2 Å². The molecular weight excluding hydrogens is 270 g/mol. The lowest BCUT2D eigenvalue weighted by atomic mass is 10.2. The topological polar surface area (TPSA) is 50.3 Å². The van der Waals surface area contributed by atoms with Crippen molar-refractivity contribution in [2.24, 2.45) is 12.8 Å². The molecule has 2 rings (SSSR count). The van der Waals surface area contributed by atoms with Gasteiger partial charge >= 0.3 is 0 Å². The fourth-order valence-electron chi connectivity index (χ4n) is 2.61. The second-order valence-corrected chi connectivity index (χ2v) is 5.97. The molecule has 1 aliphatic heterocycles. The van der Waals surface area contributed by atoms with E-state index in [-0.39, 0.29) is 6.04 Å². The summed E-state index contributed by atoms with van der Waals surface area (Å²) in [5.41, 5.74) is 8.19.